The molecule has 6 aliphatic rings. The molecule has 2 aliphatic heterocycles. The first kappa shape index (κ1) is 31.1. The molecule has 3 N–H and O–H groups in total. The van der Waals surface area contributed by atoms with Crippen molar-refractivity contribution in [3.63, 3.8) is 0 Å². The van der Waals surface area contributed by atoms with Crippen molar-refractivity contribution in [2.45, 2.75) is 44.3 Å². The zero-order chi connectivity index (χ0) is 32.4. The molecule has 4 saturated carbocycles. The highest BCUT2D eigenvalue weighted by Gasteiger charge is 2.58. The number of nitrogens with zero attached hydrogens (tertiary/aromatic N) is 4. The number of carbonyl (C=O) groups is 2. The molecular weight excluding hydrogens is 621 g/mol. The lowest BCUT2D eigenvalue weighted by molar-refractivity contribution is -0.145. The van der Waals surface area contributed by atoms with Crippen LogP contribution in [0.15, 0.2) is 48.5 Å². The number of anilines is 4. The van der Waals surface area contributed by atoms with Gasteiger partial charge in [-0.25, -0.2) is 13.2 Å². The van der Waals surface area contributed by atoms with Crippen LogP contribution in [0.1, 0.15) is 32.1 Å². The summed E-state index contributed by atoms with van der Waals surface area (Å²) in [6.45, 7) is 1.62. The molecular formula is C32H39F3N6O4S. The van der Waals surface area contributed by atoms with Gasteiger partial charge in [0.15, 0.2) is 5.75 Å². The second kappa shape index (κ2) is 11.3. The van der Waals surface area contributed by atoms with Crippen LogP contribution in [0.4, 0.5) is 40.7 Å². The lowest BCUT2D eigenvalue weighted by Gasteiger charge is -2.59. The number of benzene rings is 2. The van der Waals surface area contributed by atoms with E-state index in [1.807, 2.05) is 53.4 Å². The first-order chi connectivity index (χ1) is 21.8. The van der Waals surface area contributed by atoms with Gasteiger partial charge < -0.3 is 20.9 Å². The molecule has 0 aromatic heterocycles. The van der Waals surface area contributed by atoms with Crippen LogP contribution in [0.2, 0.25) is 0 Å². The summed E-state index contributed by atoms with van der Waals surface area (Å²) in [5.41, 5.74) is 8.95. The average Bonchev–Trinajstić information content (AvgIpc) is 3.01. The SMILES string of the molecule is NC(=O)C12CC3C[C@H](C1)C(NC(=O)N1CCN(c4ccc(N5CCN(S(=O)(=O)CC(F)(F)F)CC5)cc4)c4ccccc41)[C@@H](C3)C2. The molecule has 4 bridgehead atoms. The van der Waals surface area contributed by atoms with Crippen molar-refractivity contribution in [1.29, 1.82) is 0 Å². The van der Waals surface area contributed by atoms with Crippen LogP contribution in [-0.4, -0.2) is 81.9 Å². The number of nitrogens with one attached hydrogen (secondary N) is 1. The summed E-state index contributed by atoms with van der Waals surface area (Å²) in [4.78, 5) is 32.1. The van der Waals surface area contributed by atoms with Gasteiger partial charge in [-0.1, -0.05) is 12.1 Å². The van der Waals surface area contributed by atoms with Crippen molar-refractivity contribution < 1.29 is 31.2 Å². The summed E-state index contributed by atoms with van der Waals surface area (Å²) in [6.07, 6.45) is -0.307. The Hall–Kier alpha value is -3.52. The molecule has 0 spiro atoms. The van der Waals surface area contributed by atoms with Crippen LogP contribution in [0, 0.1) is 23.2 Å². The lowest BCUT2D eigenvalue weighted by Crippen LogP contribution is -2.63. The Morgan fingerprint density at radius 2 is 1.46 bits per heavy atom. The maximum absolute atomic E-state index is 13.8. The smallest absolute Gasteiger partial charge is 0.369 e. The van der Waals surface area contributed by atoms with E-state index in [2.05, 4.69) is 10.2 Å². The van der Waals surface area contributed by atoms with Crippen molar-refractivity contribution in [3.8, 4) is 0 Å². The van der Waals surface area contributed by atoms with Crippen molar-refractivity contribution in [3.05, 3.63) is 48.5 Å². The van der Waals surface area contributed by atoms with Crippen LogP contribution < -0.4 is 25.8 Å². The summed E-state index contributed by atoms with van der Waals surface area (Å²) >= 11 is 0. The third kappa shape index (κ3) is 5.67. The molecule has 8 rings (SSSR count). The van der Waals surface area contributed by atoms with Crippen molar-refractivity contribution in [2.24, 2.45) is 28.9 Å². The number of nitrogens with two attached hydrogens (primary N) is 1. The summed E-state index contributed by atoms with van der Waals surface area (Å²) in [5.74, 6) is -0.981. The maximum atomic E-state index is 13.8. The number of amides is 3. The van der Waals surface area contributed by atoms with Gasteiger partial charge in [-0.05, 0) is 86.3 Å². The van der Waals surface area contributed by atoms with E-state index in [0.29, 0.717) is 32.1 Å². The number of piperazine rings is 1. The Balaban J connectivity index is 1.01. The monoisotopic (exact) mass is 660 g/mol. The minimum absolute atomic E-state index is 0.00743. The Labute approximate surface area is 266 Å². The molecule has 2 aromatic carbocycles. The quantitative estimate of drug-likeness (QED) is 0.483. The van der Waals surface area contributed by atoms with Crippen molar-refractivity contribution >= 4 is 44.7 Å². The lowest BCUT2D eigenvalue weighted by atomic mass is 9.47. The molecule has 248 valence electrons. The molecule has 4 aliphatic carbocycles. The highest BCUT2D eigenvalue weighted by Crippen LogP contribution is 2.60. The van der Waals surface area contributed by atoms with Crippen molar-refractivity contribution in [2.75, 3.05) is 59.7 Å². The number of para-hydroxylation sites is 2. The van der Waals surface area contributed by atoms with Crippen LogP contribution in [-0.2, 0) is 14.8 Å². The molecule has 2 aromatic rings. The fourth-order valence-corrected chi connectivity index (χ4v) is 10.3. The van der Waals surface area contributed by atoms with E-state index in [9.17, 15) is 31.2 Å². The molecule has 10 nitrogen and oxygen atoms in total. The molecule has 5 fully saturated rings. The molecule has 5 atom stereocenters. The molecule has 3 unspecified atom stereocenters. The van der Waals surface area contributed by atoms with Gasteiger partial charge in [0, 0.05) is 62.1 Å². The number of hydrogen-bond acceptors (Lipinski definition) is 6. The molecule has 3 amide bonds. The molecule has 1 saturated heterocycles. The first-order valence-electron chi connectivity index (χ1n) is 16.0. The van der Waals surface area contributed by atoms with E-state index in [1.165, 1.54) is 0 Å². The Bertz CT molecular complexity index is 1600. The predicted molar refractivity (Wildman–Crippen MR) is 168 cm³/mol. The number of hydrogen-bond donors (Lipinski definition) is 2. The molecule has 46 heavy (non-hydrogen) atoms. The third-order valence-corrected chi connectivity index (χ3v) is 12.7. The second-order valence-electron chi connectivity index (χ2n) is 13.7. The van der Waals surface area contributed by atoms with Crippen LogP contribution in [0.3, 0.4) is 0 Å². The number of fused-ring (bicyclic) bond motifs is 1. The van der Waals surface area contributed by atoms with Gasteiger partial charge in [-0.2, -0.15) is 17.5 Å². The maximum Gasteiger partial charge on any atom is 0.404 e. The van der Waals surface area contributed by atoms with E-state index in [-0.39, 0.29) is 42.9 Å². The molecule has 0 radical (unpaired) electrons. The van der Waals surface area contributed by atoms with Crippen LogP contribution in [0.5, 0.6) is 0 Å². The van der Waals surface area contributed by atoms with E-state index >= 15 is 0 Å². The summed E-state index contributed by atoms with van der Waals surface area (Å²) in [6, 6.07) is 15.5. The summed E-state index contributed by atoms with van der Waals surface area (Å²) < 4.78 is 63.4. The second-order valence-corrected chi connectivity index (χ2v) is 15.6. The van der Waals surface area contributed by atoms with E-state index in [4.69, 9.17) is 5.73 Å². The Morgan fingerprint density at radius 3 is 2.07 bits per heavy atom. The molecule has 2 heterocycles. The van der Waals surface area contributed by atoms with Gasteiger partial charge in [0.2, 0.25) is 15.9 Å². The van der Waals surface area contributed by atoms with Gasteiger partial charge in [0.25, 0.3) is 0 Å². The van der Waals surface area contributed by atoms with Gasteiger partial charge in [0.1, 0.15) is 0 Å². The van der Waals surface area contributed by atoms with E-state index in [1.54, 1.807) is 4.90 Å². The first-order valence-corrected chi connectivity index (χ1v) is 17.6. The number of sulfonamides is 1. The summed E-state index contributed by atoms with van der Waals surface area (Å²) in [5, 5.41) is 3.36. The summed E-state index contributed by atoms with van der Waals surface area (Å²) in [7, 11) is -4.40. The predicted octanol–water partition coefficient (Wildman–Crippen LogP) is 4.05. The van der Waals surface area contributed by atoms with Gasteiger partial charge in [-0.15, -0.1) is 0 Å². The third-order valence-electron chi connectivity index (χ3n) is 10.8. The number of alkyl halides is 3. The number of urea groups is 1. The number of primary amides is 1. The Kier molecular flexibility index (Phi) is 7.65. The standard InChI is InChI=1S/C32H39F3N6O4S/c33-32(34,35)20-46(44,45)39-11-9-38(10-12-39)24-5-7-25(8-6-24)40-13-14-41(27-4-2-1-3-26(27)40)30(43)37-28-22-15-21-16-23(28)19-31(17-21,18-22)29(36)42/h1-8,21-23,28H,9-20H2,(H2,36,42)(H,37,43)/t21?,22-,23+,28?,31?. The van der Waals surface area contributed by atoms with Crippen LogP contribution in [0.25, 0.3) is 0 Å². The van der Waals surface area contributed by atoms with E-state index in [0.717, 1.165) is 59.2 Å². The fourth-order valence-electron chi connectivity index (χ4n) is 8.99. The highest BCUT2D eigenvalue weighted by atomic mass is 32.2. The number of halogens is 3. The minimum atomic E-state index is -4.77. The van der Waals surface area contributed by atoms with Gasteiger partial charge >= 0.3 is 12.2 Å². The Morgan fingerprint density at radius 1 is 0.848 bits per heavy atom. The normalized spacial score (nSPS) is 29.5. The van der Waals surface area contributed by atoms with E-state index < -0.39 is 27.4 Å². The number of rotatable bonds is 6. The number of carbonyl (C=O) groups excluding carboxylic acids is 2. The highest BCUT2D eigenvalue weighted by molar-refractivity contribution is 7.89. The zero-order valence-corrected chi connectivity index (χ0v) is 26.3. The topological polar surface area (TPSA) is 119 Å². The van der Waals surface area contributed by atoms with Crippen LogP contribution >= 0.6 is 0 Å². The fraction of sp³-hybridized carbons (Fsp3) is 0.562. The minimum Gasteiger partial charge on any atom is -0.369 e. The van der Waals surface area contributed by atoms with Crippen molar-refractivity contribution in [1.82, 2.24) is 9.62 Å². The average molecular weight is 661 g/mol. The zero-order valence-electron chi connectivity index (χ0n) is 25.5. The largest absolute Gasteiger partial charge is 0.404 e. The van der Waals surface area contributed by atoms with Gasteiger partial charge in [0.05, 0.1) is 11.4 Å². The molecule has 14 heteroatoms. The van der Waals surface area contributed by atoms with Gasteiger partial charge in [-0.3, -0.25) is 9.69 Å².